The summed E-state index contributed by atoms with van der Waals surface area (Å²) in [7, 11) is 1.53. The summed E-state index contributed by atoms with van der Waals surface area (Å²) in [6.45, 7) is 1.84. The van der Waals surface area contributed by atoms with Crippen molar-refractivity contribution in [3.05, 3.63) is 51.5 Å². The number of nitrogens with zero attached hydrogens (tertiary/aromatic N) is 3. The third-order valence-corrected chi connectivity index (χ3v) is 7.97. The number of hydrogen-bond acceptors (Lipinski definition) is 8. The summed E-state index contributed by atoms with van der Waals surface area (Å²) in [5.74, 6) is -0.0517. The monoisotopic (exact) mass is 527 g/mol. The largest absolute Gasteiger partial charge is 0.494 e. The van der Waals surface area contributed by atoms with Gasteiger partial charge in [-0.1, -0.05) is 11.6 Å². The Morgan fingerprint density at radius 3 is 2.72 bits per heavy atom. The molecular formula is C25H26ClN5O4S. The molecule has 3 N–H and O–H groups in total. The maximum absolute atomic E-state index is 13.3. The summed E-state index contributed by atoms with van der Waals surface area (Å²) in [5.41, 5.74) is 3.26. The molecule has 0 saturated heterocycles. The number of carbonyl (C=O) groups is 2. The van der Waals surface area contributed by atoms with Gasteiger partial charge in [-0.15, -0.1) is 11.3 Å². The van der Waals surface area contributed by atoms with Crippen LogP contribution in [0, 0.1) is 12.8 Å². The highest BCUT2D eigenvalue weighted by molar-refractivity contribution is 7.15. The number of anilines is 1. The topological polar surface area (TPSA) is 126 Å². The lowest BCUT2D eigenvalue weighted by Crippen LogP contribution is -2.52. The second kappa shape index (κ2) is 10.1. The van der Waals surface area contributed by atoms with Gasteiger partial charge in [0.1, 0.15) is 10.9 Å². The lowest BCUT2D eigenvalue weighted by molar-refractivity contribution is -0.128. The minimum absolute atomic E-state index is 0.0243. The number of hydrogen-bond donors (Lipinski definition) is 3. The van der Waals surface area contributed by atoms with Crippen molar-refractivity contribution in [3.8, 4) is 16.9 Å². The number of pyridine rings is 2. The van der Waals surface area contributed by atoms with E-state index < -0.39 is 6.10 Å². The number of aromatic nitrogens is 3. The number of ether oxygens (including phenoxy) is 1. The molecule has 0 aliphatic heterocycles. The predicted octanol–water partition coefficient (Wildman–Crippen LogP) is 3.57. The molecule has 2 aliphatic carbocycles. The molecule has 3 aromatic rings. The third-order valence-electron chi connectivity index (χ3n) is 6.73. The van der Waals surface area contributed by atoms with E-state index >= 15 is 0 Å². The minimum atomic E-state index is -0.442. The van der Waals surface area contributed by atoms with E-state index in [0.29, 0.717) is 46.8 Å². The Labute approximate surface area is 217 Å². The van der Waals surface area contributed by atoms with Crippen LogP contribution < -0.4 is 15.4 Å². The first-order valence-electron chi connectivity index (χ1n) is 11.8. The molecule has 11 heteroatoms. The van der Waals surface area contributed by atoms with E-state index in [1.165, 1.54) is 30.8 Å². The number of halogens is 1. The molecule has 0 spiro atoms. The average molecular weight is 528 g/mol. The van der Waals surface area contributed by atoms with Crippen LogP contribution in [-0.2, 0) is 17.6 Å². The summed E-state index contributed by atoms with van der Waals surface area (Å²) in [5, 5.41) is 16.4. The van der Waals surface area contributed by atoms with Gasteiger partial charge in [0, 0.05) is 33.8 Å². The number of methoxy groups -OCH3 is 1. The zero-order valence-corrected chi connectivity index (χ0v) is 21.4. The number of carbonyl (C=O) groups excluding carboxylic acids is 2. The van der Waals surface area contributed by atoms with Crippen LogP contribution in [0.4, 0.5) is 5.13 Å². The molecule has 0 radical (unpaired) electrons. The van der Waals surface area contributed by atoms with Gasteiger partial charge >= 0.3 is 0 Å². The molecule has 0 bridgehead atoms. The van der Waals surface area contributed by atoms with Crippen molar-refractivity contribution in [3.63, 3.8) is 0 Å². The number of thiazole rings is 1. The van der Waals surface area contributed by atoms with Gasteiger partial charge in [-0.25, -0.2) is 9.97 Å². The minimum Gasteiger partial charge on any atom is -0.494 e. The normalized spacial score (nSPS) is 20.7. The Balaban J connectivity index is 1.34. The molecule has 9 nitrogen and oxygen atoms in total. The molecule has 2 aliphatic rings. The first-order chi connectivity index (χ1) is 17.3. The summed E-state index contributed by atoms with van der Waals surface area (Å²) in [6.07, 6.45) is 6.07. The molecule has 5 rings (SSSR count). The number of rotatable bonds is 6. The Morgan fingerprint density at radius 1 is 1.17 bits per heavy atom. The lowest BCUT2D eigenvalue weighted by Gasteiger charge is -2.34. The zero-order chi connectivity index (χ0) is 25.4. The van der Waals surface area contributed by atoms with Crippen molar-refractivity contribution >= 4 is 39.9 Å². The smallest absolute Gasteiger partial charge is 0.259 e. The quantitative estimate of drug-likeness (QED) is 0.418. The Kier molecular flexibility index (Phi) is 6.92. The summed E-state index contributed by atoms with van der Waals surface area (Å²) >= 11 is 7.52. The van der Waals surface area contributed by atoms with E-state index in [4.69, 9.17) is 16.3 Å². The number of aliphatic hydroxyl groups is 1. The molecule has 188 valence electrons. The number of fused-ring (bicyclic) bond motifs is 1. The van der Waals surface area contributed by atoms with E-state index in [0.717, 1.165) is 29.1 Å². The van der Waals surface area contributed by atoms with E-state index in [1.54, 1.807) is 12.1 Å². The SMILES string of the molecule is COc1cnc(Cl)cc1-c1cc(C)ncc1C(=O)Nc1nc2c(s1)C[C@@H](C(=O)N[C@H]1CC[C@@H]1O)CC2. The fourth-order valence-electron chi connectivity index (χ4n) is 4.52. The molecule has 2 amide bonds. The van der Waals surface area contributed by atoms with Crippen LogP contribution in [0.5, 0.6) is 5.75 Å². The van der Waals surface area contributed by atoms with E-state index in [-0.39, 0.29) is 28.9 Å². The van der Waals surface area contributed by atoms with Crippen LogP contribution in [0.3, 0.4) is 0 Å². The number of aliphatic hydroxyl groups excluding tert-OH is 1. The van der Waals surface area contributed by atoms with Crippen molar-refractivity contribution < 1.29 is 19.4 Å². The standard InChI is InChI=1S/C25H26ClN5O4S/c1-12-7-14(15-9-22(26)28-11-20(15)35-2)16(10-27-12)24(34)31-25-30-18-4-3-13(8-21(18)36-25)23(33)29-17-5-6-19(17)32/h7,9-11,13,17,19,32H,3-6,8H2,1-2H3,(H,29,33)(H,30,31,34)/t13-,17-,19-/m0/s1. The maximum Gasteiger partial charge on any atom is 0.259 e. The van der Waals surface area contributed by atoms with Crippen LogP contribution in [0.2, 0.25) is 5.15 Å². The summed E-state index contributed by atoms with van der Waals surface area (Å²) in [6, 6.07) is 3.32. The molecule has 0 unspecified atom stereocenters. The van der Waals surface area contributed by atoms with E-state index in [1.807, 2.05) is 6.92 Å². The molecule has 3 atom stereocenters. The van der Waals surface area contributed by atoms with Gasteiger partial charge < -0.3 is 15.2 Å². The Hall–Kier alpha value is -3.08. The highest BCUT2D eigenvalue weighted by atomic mass is 35.5. The van der Waals surface area contributed by atoms with Crippen LogP contribution in [0.15, 0.2) is 24.5 Å². The molecule has 0 aromatic carbocycles. The fraction of sp³-hybridized carbons (Fsp3) is 0.400. The zero-order valence-electron chi connectivity index (χ0n) is 19.9. The van der Waals surface area contributed by atoms with Crippen LogP contribution in [0.25, 0.3) is 11.1 Å². The Morgan fingerprint density at radius 2 is 2.00 bits per heavy atom. The second-order valence-corrected chi connectivity index (χ2v) is 10.6. The summed E-state index contributed by atoms with van der Waals surface area (Å²) < 4.78 is 5.44. The molecular weight excluding hydrogens is 502 g/mol. The molecule has 36 heavy (non-hydrogen) atoms. The molecule has 1 fully saturated rings. The van der Waals surface area contributed by atoms with Gasteiger partial charge in [0.15, 0.2) is 5.13 Å². The first kappa shape index (κ1) is 24.6. The lowest BCUT2D eigenvalue weighted by atomic mass is 9.86. The van der Waals surface area contributed by atoms with Gasteiger partial charge in [-0.05, 0) is 51.2 Å². The average Bonchev–Trinajstić information content (AvgIpc) is 3.27. The van der Waals surface area contributed by atoms with Crippen LogP contribution in [0.1, 0.15) is 45.9 Å². The Bertz CT molecular complexity index is 1330. The van der Waals surface area contributed by atoms with Crippen molar-refractivity contribution in [1.29, 1.82) is 0 Å². The highest BCUT2D eigenvalue weighted by Crippen LogP contribution is 2.36. The van der Waals surface area contributed by atoms with Gasteiger partial charge in [-0.2, -0.15) is 0 Å². The van der Waals surface area contributed by atoms with Gasteiger partial charge in [0.25, 0.3) is 5.91 Å². The number of amides is 2. The number of aryl methyl sites for hydroxylation is 2. The third kappa shape index (κ3) is 4.93. The van der Waals surface area contributed by atoms with Crippen molar-refractivity contribution in [1.82, 2.24) is 20.3 Å². The maximum atomic E-state index is 13.3. The van der Waals surface area contributed by atoms with Crippen molar-refractivity contribution in [2.24, 2.45) is 5.92 Å². The molecule has 3 heterocycles. The van der Waals surface area contributed by atoms with Crippen LogP contribution >= 0.6 is 22.9 Å². The summed E-state index contributed by atoms with van der Waals surface area (Å²) in [4.78, 5) is 40.0. The van der Waals surface area contributed by atoms with E-state index in [2.05, 4.69) is 25.6 Å². The van der Waals surface area contributed by atoms with Gasteiger partial charge in [-0.3, -0.25) is 19.9 Å². The van der Waals surface area contributed by atoms with Crippen LogP contribution in [-0.4, -0.2) is 51.1 Å². The second-order valence-electron chi connectivity index (χ2n) is 9.12. The van der Waals surface area contributed by atoms with Gasteiger partial charge in [0.2, 0.25) is 5.91 Å². The van der Waals surface area contributed by atoms with Crippen molar-refractivity contribution in [2.75, 3.05) is 12.4 Å². The highest BCUT2D eigenvalue weighted by Gasteiger charge is 2.34. The fourth-order valence-corrected chi connectivity index (χ4v) is 5.76. The first-order valence-corrected chi connectivity index (χ1v) is 13.0. The van der Waals surface area contributed by atoms with Gasteiger partial charge in [0.05, 0.1) is 36.7 Å². The molecule has 1 saturated carbocycles. The van der Waals surface area contributed by atoms with Crippen molar-refractivity contribution in [2.45, 2.75) is 51.2 Å². The predicted molar refractivity (Wildman–Crippen MR) is 137 cm³/mol. The molecule has 3 aromatic heterocycles. The van der Waals surface area contributed by atoms with E-state index in [9.17, 15) is 14.7 Å². The number of nitrogens with one attached hydrogen (secondary N) is 2.